The third kappa shape index (κ3) is 8.71. The number of hydrazine groups is 1. The molecule has 1 aromatic rings. The number of hydrogen-bond donors (Lipinski definition) is 3. The average molecular weight is 351 g/mol. The van der Waals surface area contributed by atoms with E-state index in [0.29, 0.717) is 6.29 Å². The number of nitrogens with one attached hydrogen (secondary N) is 3. The number of amides is 2. The molecule has 0 aromatic heterocycles. The van der Waals surface area contributed by atoms with Crippen LogP contribution in [0.25, 0.3) is 0 Å². The van der Waals surface area contributed by atoms with Crippen LogP contribution in [0, 0.1) is 0 Å². The molecule has 0 aliphatic heterocycles. The van der Waals surface area contributed by atoms with Gasteiger partial charge in [0, 0.05) is 0 Å². The van der Waals surface area contributed by atoms with Crippen molar-refractivity contribution in [1.82, 2.24) is 16.2 Å². The molecule has 2 atom stereocenters. The Balaban J connectivity index is 2.39. The van der Waals surface area contributed by atoms with Crippen LogP contribution in [0.15, 0.2) is 30.3 Å². The van der Waals surface area contributed by atoms with Crippen LogP contribution in [0.5, 0.6) is 0 Å². The van der Waals surface area contributed by atoms with E-state index in [4.69, 9.17) is 9.47 Å². The van der Waals surface area contributed by atoms with Gasteiger partial charge in [-0.25, -0.2) is 15.0 Å². The second kappa shape index (κ2) is 9.63. The lowest BCUT2D eigenvalue weighted by Crippen LogP contribution is -2.55. The molecule has 1 rings (SSSR count). The van der Waals surface area contributed by atoms with Crippen molar-refractivity contribution in [2.45, 2.75) is 52.0 Å². The second-order valence-corrected chi connectivity index (χ2v) is 6.43. The van der Waals surface area contributed by atoms with Gasteiger partial charge in [-0.3, -0.25) is 5.43 Å². The van der Waals surface area contributed by atoms with Gasteiger partial charge in [-0.2, -0.15) is 0 Å². The summed E-state index contributed by atoms with van der Waals surface area (Å²) in [6.07, 6.45) is -0.819. The van der Waals surface area contributed by atoms with Crippen LogP contribution in [-0.4, -0.2) is 36.2 Å². The normalized spacial score (nSPS) is 13.3. The molecule has 0 unspecified atom stereocenters. The zero-order valence-corrected chi connectivity index (χ0v) is 14.9. The van der Waals surface area contributed by atoms with Crippen molar-refractivity contribution in [2.24, 2.45) is 0 Å². The number of carbonyl (C=O) groups is 3. The molecular weight excluding hydrogens is 326 g/mol. The molecule has 1 aromatic carbocycles. The summed E-state index contributed by atoms with van der Waals surface area (Å²) in [5, 5.41) is 2.53. The van der Waals surface area contributed by atoms with E-state index in [1.165, 1.54) is 0 Å². The number of ether oxygens (including phenoxy) is 2. The Kier molecular flexibility index (Phi) is 7.87. The van der Waals surface area contributed by atoms with Gasteiger partial charge >= 0.3 is 12.2 Å². The Hall–Kier alpha value is -2.61. The minimum Gasteiger partial charge on any atom is -0.445 e. The maximum absolute atomic E-state index is 11.8. The Morgan fingerprint density at radius 2 is 1.80 bits per heavy atom. The molecule has 138 valence electrons. The summed E-state index contributed by atoms with van der Waals surface area (Å²) >= 11 is 0. The van der Waals surface area contributed by atoms with E-state index in [1.54, 1.807) is 27.7 Å². The molecule has 0 fully saturated rings. The summed E-state index contributed by atoms with van der Waals surface area (Å²) < 4.78 is 10.1. The van der Waals surface area contributed by atoms with Crippen molar-refractivity contribution in [2.75, 3.05) is 0 Å². The topological polar surface area (TPSA) is 106 Å². The highest BCUT2D eigenvalue weighted by atomic mass is 16.6. The summed E-state index contributed by atoms with van der Waals surface area (Å²) in [7, 11) is 0. The zero-order valence-electron chi connectivity index (χ0n) is 14.9. The van der Waals surface area contributed by atoms with Crippen LogP contribution in [-0.2, 0) is 20.9 Å². The van der Waals surface area contributed by atoms with Crippen LogP contribution in [0.3, 0.4) is 0 Å². The monoisotopic (exact) mass is 351 g/mol. The van der Waals surface area contributed by atoms with Gasteiger partial charge in [-0.15, -0.1) is 0 Å². The van der Waals surface area contributed by atoms with E-state index in [-0.39, 0.29) is 6.61 Å². The SMILES string of the molecule is C[C@@H](NC(=O)OCc1ccccc1)[C@@H](C=O)NNC(=O)OC(C)(C)C. The number of aldehydes is 1. The molecule has 0 aliphatic rings. The standard InChI is InChI=1S/C17H25N3O5/c1-12(14(10-21)19-20-16(23)25-17(2,3)4)18-15(22)24-11-13-8-6-5-7-9-13/h5-10,12,14,19H,11H2,1-4H3,(H,18,22)(H,20,23)/t12-,14-/m1/s1. The summed E-state index contributed by atoms with van der Waals surface area (Å²) in [4.78, 5) is 34.5. The summed E-state index contributed by atoms with van der Waals surface area (Å²) in [5.74, 6) is 0. The van der Waals surface area contributed by atoms with Gasteiger partial charge in [0.1, 0.15) is 24.5 Å². The molecule has 8 nitrogen and oxygen atoms in total. The van der Waals surface area contributed by atoms with Crippen LogP contribution in [0.1, 0.15) is 33.3 Å². The van der Waals surface area contributed by atoms with Crippen molar-refractivity contribution in [3.8, 4) is 0 Å². The van der Waals surface area contributed by atoms with Crippen LogP contribution in [0.2, 0.25) is 0 Å². The van der Waals surface area contributed by atoms with Gasteiger partial charge in [-0.05, 0) is 33.3 Å². The maximum atomic E-state index is 11.8. The Morgan fingerprint density at radius 3 is 2.36 bits per heavy atom. The highest BCUT2D eigenvalue weighted by molar-refractivity contribution is 5.70. The van der Waals surface area contributed by atoms with Crippen molar-refractivity contribution >= 4 is 18.5 Å². The third-order valence-corrected chi connectivity index (χ3v) is 2.98. The molecule has 2 amide bonds. The molecule has 0 heterocycles. The van der Waals surface area contributed by atoms with Crippen molar-refractivity contribution in [3.05, 3.63) is 35.9 Å². The van der Waals surface area contributed by atoms with Crippen molar-refractivity contribution < 1.29 is 23.9 Å². The first-order chi connectivity index (χ1) is 11.7. The minimum atomic E-state index is -0.850. The molecule has 8 heteroatoms. The highest BCUT2D eigenvalue weighted by Crippen LogP contribution is 2.06. The molecule has 0 aliphatic carbocycles. The lowest BCUT2D eigenvalue weighted by molar-refractivity contribution is -0.110. The molecule has 25 heavy (non-hydrogen) atoms. The third-order valence-electron chi connectivity index (χ3n) is 2.98. The van der Waals surface area contributed by atoms with Crippen molar-refractivity contribution in [3.63, 3.8) is 0 Å². The lowest BCUT2D eigenvalue weighted by Gasteiger charge is -2.23. The van der Waals surface area contributed by atoms with E-state index in [9.17, 15) is 14.4 Å². The smallest absolute Gasteiger partial charge is 0.422 e. The highest BCUT2D eigenvalue weighted by Gasteiger charge is 2.21. The average Bonchev–Trinajstić information content (AvgIpc) is 2.53. The predicted octanol–water partition coefficient (Wildman–Crippen LogP) is 1.90. The van der Waals surface area contributed by atoms with E-state index < -0.39 is 29.9 Å². The van der Waals surface area contributed by atoms with E-state index in [0.717, 1.165) is 5.56 Å². The van der Waals surface area contributed by atoms with Gasteiger partial charge in [0.05, 0.1) is 6.04 Å². The number of carbonyl (C=O) groups excluding carboxylic acids is 3. The quantitative estimate of drug-likeness (QED) is 0.512. The second-order valence-electron chi connectivity index (χ2n) is 6.43. The van der Waals surface area contributed by atoms with Gasteiger partial charge in [-0.1, -0.05) is 30.3 Å². The fraction of sp³-hybridized carbons (Fsp3) is 0.471. The largest absolute Gasteiger partial charge is 0.445 e. The van der Waals surface area contributed by atoms with Crippen LogP contribution < -0.4 is 16.2 Å². The fourth-order valence-electron chi connectivity index (χ4n) is 1.76. The van der Waals surface area contributed by atoms with Gasteiger partial charge in [0.15, 0.2) is 0 Å². The number of hydrogen-bond acceptors (Lipinski definition) is 6. The lowest BCUT2D eigenvalue weighted by atomic mass is 10.2. The minimum absolute atomic E-state index is 0.120. The van der Waals surface area contributed by atoms with Crippen LogP contribution >= 0.6 is 0 Å². The molecular formula is C17H25N3O5. The Morgan fingerprint density at radius 1 is 1.16 bits per heavy atom. The predicted molar refractivity (Wildman–Crippen MR) is 91.6 cm³/mol. The van der Waals surface area contributed by atoms with E-state index >= 15 is 0 Å². The van der Waals surface area contributed by atoms with Gasteiger partial charge in [0.25, 0.3) is 0 Å². The Labute approximate surface area is 147 Å². The van der Waals surface area contributed by atoms with Crippen molar-refractivity contribution in [1.29, 1.82) is 0 Å². The first-order valence-corrected chi connectivity index (χ1v) is 7.88. The van der Waals surface area contributed by atoms with E-state index in [2.05, 4.69) is 16.2 Å². The molecule has 0 saturated carbocycles. The van der Waals surface area contributed by atoms with Gasteiger partial charge in [0.2, 0.25) is 0 Å². The molecule has 0 spiro atoms. The van der Waals surface area contributed by atoms with Crippen LogP contribution in [0.4, 0.5) is 9.59 Å². The Bertz CT molecular complexity index is 571. The molecule has 0 bridgehead atoms. The summed E-state index contributed by atoms with van der Waals surface area (Å²) in [6.45, 7) is 6.88. The summed E-state index contributed by atoms with van der Waals surface area (Å²) in [5.41, 5.74) is 4.97. The molecule has 0 radical (unpaired) electrons. The van der Waals surface area contributed by atoms with Gasteiger partial charge < -0.3 is 19.6 Å². The zero-order chi connectivity index (χ0) is 18.9. The number of alkyl carbamates (subject to hydrolysis) is 1. The molecule has 3 N–H and O–H groups in total. The fourth-order valence-corrected chi connectivity index (χ4v) is 1.76. The molecule has 0 saturated heterocycles. The first kappa shape index (κ1) is 20.4. The maximum Gasteiger partial charge on any atom is 0.422 e. The first-order valence-electron chi connectivity index (χ1n) is 7.88. The van der Waals surface area contributed by atoms with E-state index in [1.807, 2.05) is 30.3 Å². The number of rotatable bonds is 7. The summed E-state index contributed by atoms with van der Waals surface area (Å²) in [6, 6.07) is 7.74. The number of benzene rings is 1.